The fourth-order valence-electron chi connectivity index (χ4n) is 7.57. The van der Waals surface area contributed by atoms with Crippen molar-refractivity contribution in [1.82, 2.24) is 39.2 Å². The van der Waals surface area contributed by atoms with Crippen molar-refractivity contribution in [3.05, 3.63) is 120 Å². The third-order valence-corrected chi connectivity index (χ3v) is 13.3. The molecule has 0 aliphatic rings. The van der Waals surface area contributed by atoms with Crippen molar-refractivity contribution in [2.24, 2.45) is 11.5 Å². The monoisotopic (exact) mass is 916 g/mol. The maximum Gasteiger partial charge on any atom is 0.290 e. The lowest BCUT2D eigenvalue weighted by Crippen LogP contribution is -2.29. The molecule has 0 fully saturated rings. The number of carbonyl (C=O) groups is 3. The number of hydrogen-bond acceptors (Lipinski definition) is 11. The molecule has 4 heterocycles. The number of rotatable bonds is 18. The average Bonchev–Trinajstić information content (AvgIpc) is 4.12. The Morgan fingerprint density at radius 3 is 1.42 bits per heavy atom. The minimum Gasteiger partial charge on any atom is -0.483 e. The smallest absolute Gasteiger partial charge is 0.290 e. The Kier molecular flexibility index (Phi) is 17.7. The summed E-state index contributed by atoms with van der Waals surface area (Å²) in [6.45, 7) is 17.0. The summed E-state index contributed by atoms with van der Waals surface area (Å²) in [4.78, 5) is 49.7. The Bertz CT molecular complexity index is 2630. The predicted molar refractivity (Wildman–Crippen MR) is 266 cm³/mol. The molecule has 2 amide bonds. The summed E-state index contributed by atoms with van der Waals surface area (Å²) in [6.07, 6.45) is 6.01. The molecule has 65 heavy (non-hydrogen) atoms. The summed E-state index contributed by atoms with van der Waals surface area (Å²) in [5.74, 6) is -0.0430. The highest BCUT2D eigenvalue weighted by atomic mass is 32.1. The molecule has 342 valence electrons. The summed E-state index contributed by atoms with van der Waals surface area (Å²) in [5.41, 5.74) is 21.2. The molecule has 0 saturated heterocycles. The van der Waals surface area contributed by atoms with Crippen LogP contribution in [0.15, 0.2) is 97.3 Å². The third-order valence-electron chi connectivity index (χ3n) is 11.3. The summed E-state index contributed by atoms with van der Waals surface area (Å²) in [6, 6.07) is 28.0. The summed E-state index contributed by atoms with van der Waals surface area (Å²) < 4.78 is 6.30. The van der Waals surface area contributed by atoms with Crippen molar-refractivity contribution >= 4 is 71.3 Å². The molecular weight excluding hydrogens is 857 g/mol. The molecule has 0 atom stereocenters. The quantitative estimate of drug-likeness (QED) is 0.0417. The van der Waals surface area contributed by atoms with Crippen LogP contribution in [0.3, 0.4) is 0 Å². The van der Waals surface area contributed by atoms with Gasteiger partial charge in [0, 0.05) is 60.8 Å². The van der Waals surface area contributed by atoms with Gasteiger partial charge in [-0.05, 0) is 112 Å². The van der Waals surface area contributed by atoms with E-state index in [4.69, 9.17) is 31.3 Å². The number of benzene rings is 4. The minimum absolute atomic E-state index is 0.0215. The maximum absolute atomic E-state index is 12.6. The van der Waals surface area contributed by atoms with Crippen molar-refractivity contribution in [3.8, 4) is 22.5 Å². The molecule has 0 bridgehead atoms. The van der Waals surface area contributed by atoms with Gasteiger partial charge in [-0.15, -0.1) is 0 Å². The second kappa shape index (κ2) is 23.8. The number of nitrogens with one attached hydrogen (secondary N) is 2. The van der Waals surface area contributed by atoms with Crippen LogP contribution in [0.5, 0.6) is 0 Å². The SMILES string of the molecule is CCN(CC)CCCNC(=O)c1ccc2c(c1)sc1nc(-c3cccc(CN)c3)cn12.CCN(CC)CCCNC(=O)c1ccc2c(c1)sc1nc(-c3cccc(CN)c3)cn12.O=CO. The van der Waals surface area contributed by atoms with E-state index in [-0.39, 0.29) is 18.3 Å². The molecular formula is C49H60N10O4S2. The fraction of sp³-hybridized carbons (Fsp3) is 0.327. The number of imidazole rings is 2. The van der Waals surface area contributed by atoms with E-state index in [1.807, 2.05) is 60.7 Å². The molecule has 0 aliphatic heterocycles. The molecule has 0 spiro atoms. The Labute approximate surface area is 387 Å². The Morgan fingerprint density at radius 2 is 1.05 bits per heavy atom. The zero-order valence-electron chi connectivity index (χ0n) is 37.6. The second-order valence-corrected chi connectivity index (χ2v) is 17.3. The van der Waals surface area contributed by atoms with Crippen LogP contribution in [0.25, 0.3) is 52.9 Å². The Morgan fingerprint density at radius 1 is 0.646 bits per heavy atom. The van der Waals surface area contributed by atoms with Gasteiger partial charge >= 0.3 is 0 Å². The summed E-state index contributed by atoms with van der Waals surface area (Å²) >= 11 is 3.19. The van der Waals surface area contributed by atoms with Crippen LogP contribution in [0.1, 0.15) is 72.4 Å². The number of carbonyl (C=O) groups excluding carboxylic acids is 2. The largest absolute Gasteiger partial charge is 0.483 e. The van der Waals surface area contributed by atoms with Gasteiger partial charge < -0.3 is 37.0 Å². The zero-order chi connectivity index (χ0) is 46.3. The van der Waals surface area contributed by atoms with Crippen molar-refractivity contribution < 1.29 is 19.5 Å². The van der Waals surface area contributed by atoms with Gasteiger partial charge in [0.05, 0.1) is 31.8 Å². The van der Waals surface area contributed by atoms with Crippen LogP contribution in [-0.2, 0) is 17.9 Å². The van der Waals surface area contributed by atoms with Gasteiger partial charge in [0.2, 0.25) is 0 Å². The molecule has 8 rings (SSSR count). The molecule has 16 heteroatoms. The van der Waals surface area contributed by atoms with E-state index in [2.05, 4.69) is 93.6 Å². The predicted octanol–water partition coefficient (Wildman–Crippen LogP) is 7.97. The van der Waals surface area contributed by atoms with Crippen LogP contribution >= 0.6 is 22.7 Å². The van der Waals surface area contributed by atoms with Gasteiger partial charge in [-0.2, -0.15) is 0 Å². The van der Waals surface area contributed by atoms with Crippen LogP contribution in [0.2, 0.25) is 0 Å². The van der Waals surface area contributed by atoms with Crippen molar-refractivity contribution in [1.29, 1.82) is 0 Å². The van der Waals surface area contributed by atoms with E-state index >= 15 is 0 Å². The normalized spacial score (nSPS) is 11.3. The molecule has 0 saturated carbocycles. The van der Waals surface area contributed by atoms with E-state index in [0.717, 1.165) is 116 Å². The number of amides is 2. The number of nitrogens with two attached hydrogens (primary N) is 2. The molecule has 8 aromatic rings. The first-order valence-corrected chi connectivity index (χ1v) is 23.8. The highest BCUT2D eigenvalue weighted by Gasteiger charge is 2.15. The van der Waals surface area contributed by atoms with Crippen LogP contribution in [-0.4, -0.2) is 104 Å². The standard InChI is InChI=1S/2C24H29N5OS.CH2O2/c2*1-3-28(4-2)12-6-11-26-23(30)19-9-10-21-22(14-19)31-24-27-20(16-29(21)24)18-8-5-7-17(13-18)15-25;2-1-3/h2*5,7-10,13-14,16H,3-4,6,11-12,15,25H2,1-2H3,(H,26,30);1H,(H,2,3). The zero-order valence-corrected chi connectivity index (χ0v) is 39.3. The lowest BCUT2D eigenvalue weighted by Gasteiger charge is -2.17. The van der Waals surface area contributed by atoms with Crippen LogP contribution in [0, 0.1) is 0 Å². The lowest BCUT2D eigenvalue weighted by atomic mass is 10.1. The van der Waals surface area contributed by atoms with Gasteiger partial charge in [-0.3, -0.25) is 23.2 Å². The maximum atomic E-state index is 12.6. The Hall–Kier alpha value is -6.01. The fourth-order valence-corrected chi connectivity index (χ4v) is 9.66. The second-order valence-electron chi connectivity index (χ2n) is 15.3. The number of hydrogen-bond donors (Lipinski definition) is 5. The van der Waals surface area contributed by atoms with Crippen LogP contribution in [0.4, 0.5) is 0 Å². The van der Waals surface area contributed by atoms with Crippen LogP contribution < -0.4 is 22.1 Å². The number of carboxylic acid groups (broad SMARTS) is 1. The van der Waals surface area contributed by atoms with Gasteiger partial charge in [-0.1, -0.05) is 86.8 Å². The summed E-state index contributed by atoms with van der Waals surface area (Å²) in [5, 5.41) is 13.0. The first-order valence-electron chi connectivity index (χ1n) is 22.2. The third kappa shape index (κ3) is 12.2. The topological polar surface area (TPSA) is 189 Å². The van der Waals surface area contributed by atoms with Gasteiger partial charge in [0.25, 0.3) is 18.3 Å². The lowest BCUT2D eigenvalue weighted by molar-refractivity contribution is -0.122. The van der Waals surface area contributed by atoms with E-state index < -0.39 is 0 Å². The van der Waals surface area contributed by atoms with E-state index in [0.29, 0.717) is 37.3 Å². The van der Waals surface area contributed by atoms with E-state index in [1.165, 1.54) is 0 Å². The number of nitrogens with zero attached hydrogens (tertiary/aromatic N) is 6. The van der Waals surface area contributed by atoms with E-state index in [9.17, 15) is 9.59 Å². The summed E-state index contributed by atoms with van der Waals surface area (Å²) in [7, 11) is 0. The van der Waals surface area contributed by atoms with Crippen molar-refractivity contribution in [2.75, 3.05) is 52.4 Å². The molecule has 0 aliphatic carbocycles. The highest BCUT2D eigenvalue weighted by Crippen LogP contribution is 2.32. The number of fused-ring (bicyclic) bond motifs is 6. The molecule has 0 radical (unpaired) electrons. The van der Waals surface area contributed by atoms with Gasteiger partial charge in [-0.25, -0.2) is 9.97 Å². The minimum atomic E-state index is -0.250. The average molecular weight is 917 g/mol. The first kappa shape index (κ1) is 48.4. The first-order chi connectivity index (χ1) is 31.7. The number of thiazole rings is 2. The highest BCUT2D eigenvalue weighted by molar-refractivity contribution is 7.24. The molecule has 4 aromatic carbocycles. The number of aromatic nitrogens is 4. The molecule has 7 N–H and O–H groups in total. The van der Waals surface area contributed by atoms with E-state index in [1.54, 1.807) is 22.7 Å². The van der Waals surface area contributed by atoms with Gasteiger partial charge in [0.1, 0.15) is 0 Å². The van der Waals surface area contributed by atoms with Crippen molar-refractivity contribution in [3.63, 3.8) is 0 Å². The van der Waals surface area contributed by atoms with Crippen molar-refractivity contribution in [2.45, 2.75) is 53.6 Å². The Balaban J connectivity index is 0.000000203. The van der Waals surface area contributed by atoms with Gasteiger partial charge in [0.15, 0.2) is 9.92 Å². The molecule has 14 nitrogen and oxygen atoms in total. The molecule has 0 unspecified atom stereocenters. The molecule has 4 aromatic heterocycles.